The predicted octanol–water partition coefficient (Wildman–Crippen LogP) is 6.66. The van der Waals surface area contributed by atoms with E-state index in [1.807, 2.05) is 55.5 Å². The Morgan fingerprint density at radius 2 is 1.49 bits per heavy atom. The molecule has 0 fully saturated rings. The van der Waals surface area contributed by atoms with Crippen LogP contribution in [0.4, 0.5) is 17.1 Å². The van der Waals surface area contributed by atoms with Crippen LogP contribution in [0.2, 0.25) is 0 Å². The first-order chi connectivity index (χ1) is 18.9. The summed E-state index contributed by atoms with van der Waals surface area (Å²) < 4.78 is 5.21. The van der Waals surface area contributed by atoms with Crippen LogP contribution >= 0.6 is 0 Å². The van der Waals surface area contributed by atoms with Crippen LogP contribution in [0.5, 0.6) is 5.75 Å². The quantitative estimate of drug-likeness (QED) is 0.222. The molecule has 39 heavy (non-hydrogen) atoms. The van der Waals surface area contributed by atoms with E-state index in [9.17, 15) is 0 Å². The fourth-order valence-corrected chi connectivity index (χ4v) is 3.97. The van der Waals surface area contributed by atoms with Crippen LogP contribution in [0.1, 0.15) is 55.0 Å². The van der Waals surface area contributed by atoms with Crippen molar-refractivity contribution >= 4 is 17.1 Å². The molecule has 8 N–H and O–H groups in total. The van der Waals surface area contributed by atoms with E-state index in [-0.39, 0.29) is 0 Å². The van der Waals surface area contributed by atoms with Crippen LogP contribution in [-0.2, 0) is 12.8 Å². The zero-order valence-corrected chi connectivity index (χ0v) is 23.0. The van der Waals surface area contributed by atoms with Gasteiger partial charge in [0.15, 0.2) is 0 Å². The molecule has 0 saturated carbocycles. The highest BCUT2D eigenvalue weighted by atomic mass is 16.5. The maximum Gasteiger partial charge on any atom is 0.142 e. The van der Waals surface area contributed by atoms with Gasteiger partial charge in [-0.05, 0) is 85.7 Å². The Bertz CT molecular complexity index is 1320. The fourth-order valence-electron chi connectivity index (χ4n) is 3.97. The van der Waals surface area contributed by atoms with Crippen LogP contribution in [0.25, 0.3) is 0 Å². The third-order valence-corrected chi connectivity index (χ3v) is 6.08. The molecule has 1 aliphatic carbocycles. The van der Waals surface area contributed by atoms with E-state index >= 15 is 0 Å². The van der Waals surface area contributed by atoms with Gasteiger partial charge in [-0.1, -0.05) is 67.6 Å². The maximum absolute atomic E-state index is 8.39. The summed E-state index contributed by atoms with van der Waals surface area (Å²) in [5.41, 5.74) is 29.2. The smallest absolute Gasteiger partial charge is 0.142 e. The van der Waals surface area contributed by atoms with Gasteiger partial charge in [0.2, 0.25) is 0 Å². The second-order valence-corrected chi connectivity index (χ2v) is 8.97. The van der Waals surface area contributed by atoms with Crippen molar-refractivity contribution in [3.63, 3.8) is 0 Å². The van der Waals surface area contributed by atoms with E-state index < -0.39 is 0 Å². The summed E-state index contributed by atoms with van der Waals surface area (Å²) in [5.74, 6) is 0.769. The standard InChI is InChI=1S/C10H13N.C8H11NO.C8H11N.C7H6N2/c11-10-7-3-5-8-4-1-2-6-9(8)10;1-2-10-8-6-4-3-5-7(8)9;1-2-7-4-3-5-8(9)6-7;8-5-6-3-1-2-4-7(6)9/h1-2,4,6,10H,3,5,7,11H2;3-6H,2,9H2,1H3;3-6H,2,9H2,1H3;1-4H,9H2. The van der Waals surface area contributed by atoms with Crippen molar-refractivity contribution in [1.82, 2.24) is 0 Å². The van der Waals surface area contributed by atoms with Gasteiger partial charge >= 0.3 is 0 Å². The molecule has 1 atom stereocenters. The minimum atomic E-state index is 0.292. The number of aryl methyl sites for hydroxylation is 2. The van der Waals surface area contributed by atoms with Crippen molar-refractivity contribution < 1.29 is 4.74 Å². The zero-order valence-electron chi connectivity index (χ0n) is 23.0. The Morgan fingerprint density at radius 1 is 0.821 bits per heavy atom. The molecule has 0 aliphatic heterocycles. The van der Waals surface area contributed by atoms with Crippen molar-refractivity contribution in [3.8, 4) is 11.8 Å². The summed E-state index contributed by atoms with van der Waals surface area (Å²) in [5, 5.41) is 8.39. The number of hydrogen-bond acceptors (Lipinski definition) is 6. The first-order valence-corrected chi connectivity index (χ1v) is 13.3. The number of benzene rings is 4. The Kier molecular flexibility index (Phi) is 13.5. The molecule has 6 heteroatoms. The van der Waals surface area contributed by atoms with Crippen molar-refractivity contribution in [1.29, 1.82) is 5.26 Å². The summed E-state index contributed by atoms with van der Waals surface area (Å²) in [6.07, 6.45) is 4.67. The van der Waals surface area contributed by atoms with Crippen LogP contribution in [0, 0.1) is 11.3 Å². The Hall–Kier alpha value is -4.47. The molecule has 0 heterocycles. The molecule has 0 aromatic heterocycles. The number of ether oxygens (including phenoxy) is 1. The minimum Gasteiger partial charge on any atom is -0.492 e. The van der Waals surface area contributed by atoms with Gasteiger partial charge in [-0.15, -0.1) is 0 Å². The number of fused-ring (bicyclic) bond motifs is 1. The number of nitrogen functional groups attached to an aromatic ring is 3. The molecule has 1 aliphatic rings. The van der Waals surface area contributed by atoms with E-state index in [0.717, 1.165) is 24.3 Å². The second kappa shape index (κ2) is 17.1. The predicted molar refractivity (Wildman–Crippen MR) is 164 cm³/mol. The molecule has 6 nitrogen and oxygen atoms in total. The van der Waals surface area contributed by atoms with E-state index in [1.54, 1.807) is 24.3 Å². The van der Waals surface area contributed by atoms with Gasteiger partial charge in [0.05, 0.1) is 17.9 Å². The van der Waals surface area contributed by atoms with Crippen LogP contribution in [-0.4, -0.2) is 6.61 Å². The molecule has 0 spiro atoms. The fraction of sp³-hybridized carbons (Fsp3) is 0.242. The Morgan fingerprint density at radius 3 is 2.05 bits per heavy atom. The molecular weight excluding hydrogens is 482 g/mol. The Labute approximate surface area is 233 Å². The van der Waals surface area contributed by atoms with Crippen molar-refractivity contribution in [2.24, 2.45) is 5.73 Å². The third kappa shape index (κ3) is 10.8. The summed E-state index contributed by atoms with van der Waals surface area (Å²) >= 11 is 0. The summed E-state index contributed by atoms with van der Waals surface area (Å²) in [7, 11) is 0. The second-order valence-electron chi connectivity index (χ2n) is 8.97. The number of nitrogens with zero attached hydrogens (tertiary/aromatic N) is 1. The van der Waals surface area contributed by atoms with E-state index in [0.29, 0.717) is 29.6 Å². The van der Waals surface area contributed by atoms with Gasteiger partial charge < -0.3 is 27.7 Å². The van der Waals surface area contributed by atoms with Crippen LogP contribution in [0.15, 0.2) is 97.1 Å². The van der Waals surface area contributed by atoms with Gasteiger partial charge in [-0.25, -0.2) is 0 Å². The highest BCUT2D eigenvalue weighted by Gasteiger charge is 2.14. The van der Waals surface area contributed by atoms with E-state index in [4.69, 9.17) is 32.9 Å². The molecule has 4 aromatic rings. The zero-order chi connectivity index (χ0) is 28.5. The highest BCUT2D eigenvalue weighted by Crippen LogP contribution is 2.27. The number of nitriles is 1. The largest absolute Gasteiger partial charge is 0.492 e. The normalized spacial score (nSPS) is 12.9. The molecule has 1 unspecified atom stereocenters. The van der Waals surface area contributed by atoms with Crippen molar-refractivity contribution in [2.75, 3.05) is 23.8 Å². The molecule has 204 valence electrons. The molecule has 5 rings (SSSR count). The molecule has 0 amide bonds. The van der Waals surface area contributed by atoms with Gasteiger partial charge in [0.25, 0.3) is 0 Å². The number of rotatable bonds is 3. The first kappa shape index (κ1) is 30.8. The monoisotopic (exact) mass is 523 g/mol. The maximum atomic E-state index is 8.39. The molecule has 0 radical (unpaired) electrons. The Balaban J connectivity index is 0.000000183. The SMILES string of the molecule is CCOc1ccccc1N.CCc1cccc(N)c1.N#Cc1ccccc1N.NC1CCCc2ccccc21. The summed E-state index contributed by atoms with van der Waals surface area (Å²) in [6, 6.07) is 33.2. The molecule has 4 aromatic carbocycles. The number of anilines is 3. The lowest BCUT2D eigenvalue weighted by Crippen LogP contribution is -2.16. The van der Waals surface area contributed by atoms with Crippen molar-refractivity contribution in [3.05, 3.63) is 119 Å². The summed E-state index contributed by atoms with van der Waals surface area (Å²) in [6.45, 7) is 4.72. The highest BCUT2D eigenvalue weighted by molar-refractivity contribution is 5.53. The van der Waals surface area contributed by atoms with E-state index in [1.165, 1.54) is 29.5 Å². The number of para-hydroxylation sites is 3. The van der Waals surface area contributed by atoms with Gasteiger partial charge in [-0.2, -0.15) is 5.26 Å². The van der Waals surface area contributed by atoms with Crippen molar-refractivity contribution in [2.45, 2.75) is 45.6 Å². The van der Waals surface area contributed by atoms with Gasteiger partial charge in [0.1, 0.15) is 11.8 Å². The minimum absolute atomic E-state index is 0.292. The van der Waals surface area contributed by atoms with Crippen LogP contribution in [0.3, 0.4) is 0 Å². The third-order valence-electron chi connectivity index (χ3n) is 6.08. The first-order valence-electron chi connectivity index (χ1n) is 13.3. The molecule has 0 saturated heterocycles. The average Bonchev–Trinajstić information content (AvgIpc) is 2.96. The number of hydrogen-bond donors (Lipinski definition) is 4. The lowest BCUT2D eigenvalue weighted by molar-refractivity contribution is 0.342. The summed E-state index contributed by atoms with van der Waals surface area (Å²) in [4.78, 5) is 0. The average molecular weight is 524 g/mol. The lowest BCUT2D eigenvalue weighted by Gasteiger charge is -2.21. The van der Waals surface area contributed by atoms with E-state index in [2.05, 4.69) is 37.3 Å². The lowest BCUT2D eigenvalue weighted by atomic mass is 9.88. The molecule has 0 bridgehead atoms. The van der Waals surface area contributed by atoms with Gasteiger partial charge in [0, 0.05) is 17.4 Å². The van der Waals surface area contributed by atoms with Crippen LogP contribution < -0.4 is 27.7 Å². The van der Waals surface area contributed by atoms with Gasteiger partial charge in [-0.3, -0.25) is 0 Å². The molecular formula is C33H41N5O. The topological polar surface area (TPSA) is 137 Å². The number of nitrogens with two attached hydrogens (primary N) is 4.